The van der Waals surface area contributed by atoms with E-state index in [2.05, 4.69) is 13.8 Å². The molecule has 4 fully saturated rings. The Bertz CT molecular complexity index is 221. The van der Waals surface area contributed by atoms with Gasteiger partial charge in [-0.1, -0.05) is 13.8 Å². The normalized spacial score (nSPS) is 52.0. The Morgan fingerprint density at radius 3 is 1.67 bits per heavy atom. The molecule has 1 N–H and O–H groups in total. The van der Waals surface area contributed by atoms with Crippen LogP contribution in [-0.4, -0.2) is 40.3 Å². The molecule has 0 aliphatic heterocycles. The molecule has 0 unspecified atom stereocenters. The summed E-state index contributed by atoms with van der Waals surface area (Å²) < 4.78 is 0. The van der Waals surface area contributed by atoms with Gasteiger partial charge < -0.3 is 5.11 Å². The quantitative estimate of drug-likeness (QED) is 0.669. The standard InChI is InChI=1S/C13H22O.Na.H/c1-8(2)13(14)11-4-9-3-10(6-11)7-12(13)5-9;;/h8-12,14H,3-7H2,1-2H3;;. The summed E-state index contributed by atoms with van der Waals surface area (Å²) >= 11 is 0. The Morgan fingerprint density at radius 1 is 0.933 bits per heavy atom. The van der Waals surface area contributed by atoms with E-state index in [1.54, 1.807) is 0 Å². The molecular weight excluding hydrogens is 195 g/mol. The average molecular weight is 218 g/mol. The molecule has 0 aromatic carbocycles. The molecule has 0 heterocycles. The maximum atomic E-state index is 10.9. The molecule has 2 heteroatoms. The number of aliphatic hydroxyl groups is 1. The third-order valence-electron chi connectivity index (χ3n) is 5.37. The molecular formula is C13H23NaO. The summed E-state index contributed by atoms with van der Waals surface area (Å²) in [5.41, 5.74) is -0.298. The van der Waals surface area contributed by atoms with Gasteiger partial charge in [0, 0.05) is 0 Å². The van der Waals surface area contributed by atoms with Crippen LogP contribution in [0.4, 0.5) is 0 Å². The van der Waals surface area contributed by atoms with Crippen molar-refractivity contribution < 1.29 is 5.11 Å². The molecule has 82 valence electrons. The summed E-state index contributed by atoms with van der Waals surface area (Å²) in [6.45, 7) is 4.42. The Labute approximate surface area is 115 Å². The topological polar surface area (TPSA) is 20.2 Å². The van der Waals surface area contributed by atoms with E-state index in [0.717, 1.165) is 11.8 Å². The first-order valence-corrected chi connectivity index (χ1v) is 6.33. The summed E-state index contributed by atoms with van der Waals surface area (Å²) in [5, 5.41) is 10.9. The van der Waals surface area contributed by atoms with E-state index in [4.69, 9.17) is 0 Å². The van der Waals surface area contributed by atoms with E-state index >= 15 is 0 Å². The number of rotatable bonds is 1. The molecule has 0 amide bonds. The monoisotopic (exact) mass is 218 g/mol. The van der Waals surface area contributed by atoms with Gasteiger partial charge in [-0.3, -0.25) is 0 Å². The Balaban J connectivity index is 0.000000853. The first-order chi connectivity index (χ1) is 6.60. The first-order valence-electron chi connectivity index (χ1n) is 6.33. The second kappa shape index (κ2) is 4.01. The molecule has 4 rings (SSSR count). The predicted octanol–water partition coefficient (Wildman–Crippen LogP) is 2.18. The van der Waals surface area contributed by atoms with Gasteiger partial charge in [0.05, 0.1) is 5.60 Å². The van der Waals surface area contributed by atoms with Crippen molar-refractivity contribution in [3.63, 3.8) is 0 Å². The van der Waals surface area contributed by atoms with Crippen molar-refractivity contribution in [3.05, 3.63) is 0 Å². The van der Waals surface area contributed by atoms with Crippen LogP contribution in [0.25, 0.3) is 0 Å². The predicted molar refractivity (Wildman–Crippen MR) is 64.0 cm³/mol. The first kappa shape index (κ1) is 12.4. The molecule has 0 atom stereocenters. The zero-order chi connectivity index (χ0) is 9.92. The Kier molecular flexibility index (Phi) is 3.32. The van der Waals surface area contributed by atoms with Crippen molar-refractivity contribution in [1.82, 2.24) is 0 Å². The zero-order valence-corrected chi connectivity index (χ0v) is 9.37. The zero-order valence-electron chi connectivity index (χ0n) is 9.37. The molecule has 4 saturated carbocycles. The van der Waals surface area contributed by atoms with Crippen LogP contribution in [0, 0.1) is 29.6 Å². The van der Waals surface area contributed by atoms with Crippen molar-refractivity contribution in [3.8, 4) is 0 Å². The van der Waals surface area contributed by atoms with Gasteiger partial charge in [-0.05, 0) is 61.7 Å². The van der Waals surface area contributed by atoms with Crippen LogP contribution in [0.15, 0.2) is 0 Å². The van der Waals surface area contributed by atoms with E-state index in [-0.39, 0.29) is 35.2 Å². The average Bonchev–Trinajstić information content (AvgIpc) is 2.12. The van der Waals surface area contributed by atoms with Gasteiger partial charge in [-0.2, -0.15) is 0 Å². The second-order valence-corrected chi connectivity index (χ2v) is 6.35. The van der Waals surface area contributed by atoms with E-state index in [1.165, 1.54) is 32.1 Å². The molecule has 0 aromatic heterocycles. The van der Waals surface area contributed by atoms with Crippen molar-refractivity contribution in [2.75, 3.05) is 0 Å². The summed E-state index contributed by atoms with van der Waals surface area (Å²) in [6, 6.07) is 0. The molecule has 0 aromatic rings. The maximum absolute atomic E-state index is 10.9. The van der Waals surface area contributed by atoms with E-state index in [0.29, 0.717) is 17.8 Å². The van der Waals surface area contributed by atoms with Crippen molar-refractivity contribution in [2.24, 2.45) is 29.6 Å². The molecule has 4 bridgehead atoms. The van der Waals surface area contributed by atoms with Crippen molar-refractivity contribution in [1.29, 1.82) is 0 Å². The van der Waals surface area contributed by atoms with Gasteiger partial charge in [0.1, 0.15) is 0 Å². The van der Waals surface area contributed by atoms with Crippen LogP contribution < -0.4 is 0 Å². The van der Waals surface area contributed by atoms with Crippen molar-refractivity contribution in [2.45, 2.75) is 51.6 Å². The fourth-order valence-electron chi connectivity index (χ4n) is 4.88. The van der Waals surface area contributed by atoms with Gasteiger partial charge in [-0.15, -0.1) is 0 Å². The third kappa shape index (κ3) is 1.66. The van der Waals surface area contributed by atoms with E-state index < -0.39 is 0 Å². The molecule has 4 aliphatic carbocycles. The van der Waals surface area contributed by atoms with E-state index in [1.807, 2.05) is 0 Å². The van der Waals surface area contributed by atoms with Crippen LogP contribution in [0.2, 0.25) is 0 Å². The third-order valence-corrected chi connectivity index (χ3v) is 5.37. The molecule has 0 saturated heterocycles. The molecule has 15 heavy (non-hydrogen) atoms. The van der Waals surface area contributed by atoms with Crippen molar-refractivity contribution >= 4 is 29.6 Å². The molecule has 1 nitrogen and oxygen atoms in total. The fourth-order valence-corrected chi connectivity index (χ4v) is 4.88. The minimum absolute atomic E-state index is 0. The van der Waals surface area contributed by atoms with Gasteiger partial charge in [-0.25, -0.2) is 0 Å². The van der Waals surface area contributed by atoms with Gasteiger partial charge >= 0.3 is 29.6 Å². The SMILES string of the molecule is CC(C)C1(O)C2CC3CC(C2)CC1C3.[NaH]. The number of hydrogen-bond acceptors (Lipinski definition) is 1. The van der Waals surface area contributed by atoms with Crippen LogP contribution >= 0.6 is 0 Å². The van der Waals surface area contributed by atoms with E-state index in [9.17, 15) is 5.11 Å². The van der Waals surface area contributed by atoms with Gasteiger partial charge in [0.25, 0.3) is 0 Å². The summed E-state index contributed by atoms with van der Waals surface area (Å²) in [6.07, 6.45) is 6.76. The van der Waals surface area contributed by atoms with Crippen LogP contribution in [0.1, 0.15) is 46.0 Å². The van der Waals surface area contributed by atoms with Crippen LogP contribution in [-0.2, 0) is 0 Å². The molecule has 0 radical (unpaired) electrons. The number of hydrogen-bond donors (Lipinski definition) is 1. The van der Waals surface area contributed by atoms with Gasteiger partial charge in [0.15, 0.2) is 0 Å². The summed E-state index contributed by atoms with van der Waals surface area (Å²) in [4.78, 5) is 0. The van der Waals surface area contributed by atoms with Crippen LogP contribution in [0.3, 0.4) is 0 Å². The second-order valence-electron chi connectivity index (χ2n) is 6.35. The molecule has 0 spiro atoms. The van der Waals surface area contributed by atoms with Gasteiger partial charge in [0.2, 0.25) is 0 Å². The fraction of sp³-hybridized carbons (Fsp3) is 1.00. The summed E-state index contributed by atoms with van der Waals surface area (Å²) in [5.74, 6) is 3.67. The summed E-state index contributed by atoms with van der Waals surface area (Å²) in [7, 11) is 0. The minimum atomic E-state index is -0.298. The molecule has 4 aliphatic rings. The van der Waals surface area contributed by atoms with Crippen LogP contribution in [0.5, 0.6) is 0 Å². The Morgan fingerprint density at radius 2 is 1.33 bits per heavy atom. The Hall–Kier alpha value is 0.960.